The van der Waals surface area contributed by atoms with Gasteiger partial charge in [-0.05, 0) is 43.9 Å². The van der Waals surface area contributed by atoms with Crippen molar-refractivity contribution in [2.75, 3.05) is 18.8 Å². The summed E-state index contributed by atoms with van der Waals surface area (Å²) in [6.45, 7) is 3.44. The molecule has 5 heteroatoms. The van der Waals surface area contributed by atoms with Gasteiger partial charge in [-0.15, -0.1) is 11.8 Å². The Labute approximate surface area is 148 Å². The highest BCUT2D eigenvalue weighted by atomic mass is 32.2. The lowest BCUT2D eigenvalue weighted by Gasteiger charge is -2.24. The average Bonchev–Trinajstić information content (AvgIpc) is 3.24. The topological polar surface area (TPSA) is 49.4 Å². The van der Waals surface area contributed by atoms with Gasteiger partial charge in [-0.1, -0.05) is 30.3 Å². The molecule has 1 aromatic carbocycles. The number of nitrogens with one attached hydrogen (secondary N) is 1. The van der Waals surface area contributed by atoms with E-state index in [1.54, 1.807) is 11.8 Å². The summed E-state index contributed by atoms with van der Waals surface area (Å²) in [7, 11) is 0. The molecular formula is C19H26N2O2S. The van der Waals surface area contributed by atoms with Crippen molar-refractivity contribution in [2.45, 2.75) is 49.8 Å². The second-order valence-corrected chi connectivity index (χ2v) is 8.57. The number of nitrogens with zero attached hydrogens (tertiary/aromatic N) is 1. The summed E-state index contributed by atoms with van der Waals surface area (Å²) in [5.74, 6) is 1.41. The lowest BCUT2D eigenvalue weighted by atomic mass is 10.0. The van der Waals surface area contributed by atoms with Crippen LogP contribution in [0.1, 0.15) is 38.2 Å². The van der Waals surface area contributed by atoms with E-state index in [0.717, 1.165) is 38.0 Å². The molecule has 2 amide bonds. The van der Waals surface area contributed by atoms with Crippen LogP contribution in [0.4, 0.5) is 0 Å². The number of amides is 2. The van der Waals surface area contributed by atoms with Crippen LogP contribution in [0.15, 0.2) is 30.3 Å². The van der Waals surface area contributed by atoms with Crippen molar-refractivity contribution in [1.29, 1.82) is 0 Å². The molecule has 2 saturated heterocycles. The molecule has 2 aliphatic rings. The van der Waals surface area contributed by atoms with Gasteiger partial charge in [-0.2, -0.15) is 0 Å². The number of benzene rings is 1. The van der Waals surface area contributed by atoms with Gasteiger partial charge in [-0.3, -0.25) is 9.59 Å². The third kappa shape index (κ3) is 4.12. The molecule has 2 fully saturated rings. The van der Waals surface area contributed by atoms with Gasteiger partial charge >= 0.3 is 0 Å². The van der Waals surface area contributed by atoms with Crippen LogP contribution >= 0.6 is 11.8 Å². The normalized spacial score (nSPS) is 26.5. The Kier molecular flexibility index (Phi) is 5.49. The van der Waals surface area contributed by atoms with Crippen LogP contribution in [0.25, 0.3) is 0 Å². The summed E-state index contributed by atoms with van der Waals surface area (Å²) in [5.41, 5.74) is 1.20. The fraction of sp³-hybridized carbons (Fsp3) is 0.579. The molecule has 24 heavy (non-hydrogen) atoms. The molecule has 0 unspecified atom stereocenters. The first-order valence-corrected chi connectivity index (χ1v) is 9.82. The highest BCUT2D eigenvalue weighted by Gasteiger charge is 2.39. The minimum atomic E-state index is -0.273. The fourth-order valence-electron chi connectivity index (χ4n) is 3.45. The fourth-order valence-corrected chi connectivity index (χ4v) is 4.67. The Hall–Kier alpha value is -1.49. The maximum atomic E-state index is 12.5. The lowest BCUT2D eigenvalue weighted by molar-refractivity contribution is -0.130. The summed E-state index contributed by atoms with van der Waals surface area (Å²) >= 11 is 1.76. The van der Waals surface area contributed by atoms with Crippen molar-refractivity contribution in [3.05, 3.63) is 35.9 Å². The zero-order valence-electron chi connectivity index (χ0n) is 14.3. The largest absolute Gasteiger partial charge is 0.350 e. The molecular weight excluding hydrogens is 320 g/mol. The van der Waals surface area contributed by atoms with Gasteiger partial charge < -0.3 is 10.2 Å². The third-order valence-corrected chi connectivity index (χ3v) is 6.57. The number of rotatable bonds is 5. The number of aryl methyl sites for hydroxylation is 1. The van der Waals surface area contributed by atoms with E-state index < -0.39 is 0 Å². The van der Waals surface area contributed by atoms with Crippen molar-refractivity contribution in [1.82, 2.24) is 10.2 Å². The predicted molar refractivity (Wildman–Crippen MR) is 98.0 cm³/mol. The maximum Gasteiger partial charge on any atom is 0.236 e. The van der Waals surface area contributed by atoms with Crippen LogP contribution in [0.2, 0.25) is 0 Å². The van der Waals surface area contributed by atoms with Gasteiger partial charge in [0.2, 0.25) is 11.8 Å². The van der Waals surface area contributed by atoms with E-state index in [1.165, 1.54) is 5.56 Å². The summed E-state index contributed by atoms with van der Waals surface area (Å²) < 4.78 is -0.273. The third-order valence-electron chi connectivity index (χ3n) is 5.05. The standard InChI is InChI=1S/C19H26N2O2S/c1-19(11-5-13-24-19)18(23)20-16-10-12-21(14-16)17(22)9-8-15-6-3-2-4-7-15/h2-4,6-7,16H,5,8-14H2,1H3,(H,20,23)/t16-,19-/m0/s1. The van der Waals surface area contributed by atoms with Gasteiger partial charge in [0.05, 0.1) is 4.75 Å². The number of likely N-dealkylation sites (tertiary alicyclic amines) is 1. The maximum absolute atomic E-state index is 12.5. The Morgan fingerprint density at radius 2 is 2.12 bits per heavy atom. The van der Waals surface area contributed by atoms with Gasteiger partial charge in [0.1, 0.15) is 0 Å². The Morgan fingerprint density at radius 1 is 1.33 bits per heavy atom. The SMILES string of the molecule is C[C@@]1(C(=O)N[C@H]2CCN(C(=O)CCc3ccccc3)C2)CCCS1. The molecule has 1 aromatic rings. The Balaban J connectivity index is 1.44. The van der Waals surface area contributed by atoms with Crippen molar-refractivity contribution < 1.29 is 9.59 Å². The summed E-state index contributed by atoms with van der Waals surface area (Å²) in [5, 5.41) is 3.17. The summed E-state index contributed by atoms with van der Waals surface area (Å²) in [4.78, 5) is 26.8. The van der Waals surface area contributed by atoms with Crippen LogP contribution in [0, 0.1) is 0 Å². The van der Waals surface area contributed by atoms with Crippen molar-refractivity contribution in [2.24, 2.45) is 0 Å². The van der Waals surface area contributed by atoms with E-state index in [2.05, 4.69) is 17.4 Å². The van der Waals surface area contributed by atoms with E-state index in [1.807, 2.05) is 30.0 Å². The number of carbonyl (C=O) groups excluding carboxylic acids is 2. The number of hydrogen-bond acceptors (Lipinski definition) is 3. The number of carbonyl (C=O) groups is 2. The van der Waals surface area contributed by atoms with Crippen LogP contribution in [-0.4, -0.2) is 46.3 Å². The van der Waals surface area contributed by atoms with Crippen LogP contribution in [0.3, 0.4) is 0 Å². The highest BCUT2D eigenvalue weighted by Crippen LogP contribution is 2.38. The monoisotopic (exact) mass is 346 g/mol. The number of thioether (sulfide) groups is 1. The van der Waals surface area contributed by atoms with Gasteiger partial charge in [-0.25, -0.2) is 0 Å². The van der Waals surface area contributed by atoms with E-state index in [4.69, 9.17) is 0 Å². The quantitative estimate of drug-likeness (QED) is 0.892. The Bertz CT molecular complexity index is 584. The first-order valence-electron chi connectivity index (χ1n) is 8.83. The molecule has 2 aliphatic heterocycles. The molecule has 0 aromatic heterocycles. The van der Waals surface area contributed by atoms with Crippen molar-refractivity contribution in [3.63, 3.8) is 0 Å². The summed E-state index contributed by atoms with van der Waals surface area (Å²) in [6, 6.07) is 10.2. The van der Waals surface area contributed by atoms with Crippen molar-refractivity contribution >= 4 is 23.6 Å². The molecule has 1 N–H and O–H groups in total. The molecule has 0 bridgehead atoms. The van der Waals surface area contributed by atoms with Gasteiger partial charge in [0, 0.05) is 25.6 Å². The van der Waals surface area contributed by atoms with E-state index in [9.17, 15) is 9.59 Å². The molecule has 0 radical (unpaired) electrons. The second kappa shape index (κ2) is 7.60. The number of hydrogen-bond donors (Lipinski definition) is 1. The van der Waals surface area contributed by atoms with E-state index in [-0.39, 0.29) is 22.6 Å². The molecule has 130 valence electrons. The molecule has 2 atom stereocenters. The summed E-state index contributed by atoms with van der Waals surface area (Å²) in [6.07, 6.45) is 4.25. The van der Waals surface area contributed by atoms with Crippen LogP contribution < -0.4 is 5.32 Å². The smallest absolute Gasteiger partial charge is 0.236 e. The average molecular weight is 346 g/mol. The molecule has 0 saturated carbocycles. The minimum Gasteiger partial charge on any atom is -0.350 e. The molecule has 3 rings (SSSR count). The van der Waals surface area contributed by atoms with Gasteiger partial charge in [0.15, 0.2) is 0 Å². The molecule has 4 nitrogen and oxygen atoms in total. The van der Waals surface area contributed by atoms with Crippen LogP contribution in [0.5, 0.6) is 0 Å². The van der Waals surface area contributed by atoms with Crippen LogP contribution in [-0.2, 0) is 16.0 Å². The van der Waals surface area contributed by atoms with E-state index >= 15 is 0 Å². The van der Waals surface area contributed by atoms with Crippen molar-refractivity contribution in [3.8, 4) is 0 Å². The predicted octanol–water partition coefficient (Wildman–Crippen LogP) is 2.62. The molecule has 2 heterocycles. The lowest BCUT2D eigenvalue weighted by Crippen LogP contribution is -2.46. The highest BCUT2D eigenvalue weighted by molar-refractivity contribution is 8.01. The minimum absolute atomic E-state index is 0.108. The molecule has 0 spiro atoms. The first kappa shape index (κ1) is 17.3. The van der Waals surface area contributed by atoms with Gasteiger partial charge in [0.25, 0.3) is 0 Å². The second-order valence-electron chi connectivity index (χ2n) is 6.97. The first-order chi connectivity index (χ1) is 11.6. The Morgan fingerprint density at radius 3 is 2.83 bits per heavy atom. The van der Waals surface area contributed by atoms with E-state index in [0.29, 0.717) is 13.0 Å². The zero-order valence-corrected chi connectivity index (χ0v) is 15.1. The molecule has 0 aliphatic carbocycles. The zero-order chi connectivity index (χ0) is 17.0.